The van der Waals surface area contributed by atoms with Gasteiger partial charge < -0.3 is 9.88 Å². The van der Waals surface area contributed by atoms with Gasteiger partial charge in [0.15, 0.2) is 0 Å². The number of amides is 1. The molecule has 1 N–H and O–H groups in total. The van der Waals surface area contributed by atoms with Crippen molar-refractivity contribution in [3.63, 3.8) is 0 Å². The Hall–Kier alpha value is -2.62. The van der Waals surface area contributed by atoms with Crippen molar-refractivity contribution in [2.75, 3.05) is 6.54 Å². The molecule has 1 aromatic heterocycles. The quantitative estimate of drug-likeness (QED) is 0.591. The molecule has 0 aliphatic heterocycles. The summed E-state index contributed by atoms with van der Waals surface area (Å²) in [4.78, 5) is 16.8. The highest BCUT2D eigenvalue weighted by Crippen LogP contribution is 2.18. The average molecular weight is 349 g/mol. The monoisotopic (exact) mass is 349 g/mol. The summed E-state index contributed by atoms with van der Waals surface area (Å²) >= 11 is 0. The molecule has 4 nitrogen and oxygen atoms in total. The van der Waals surface area contributed by atoms with Crippen LogP contribution < -0.4 is 5.32 Å². The number of rotatable bonds is 9. The Bertz CT molecular complexity index is 839. The number of benzene rings is 2. The number of imidazole rings is 1. The summed E-state index contributed by atoms with van der Waals surface area (Å²) in [5.74, 6) is 1.20. The normalized spacial score (nSPS) is 11.0. The Balaban J connectivity index is 1.53. The number of hydrogen-bond acceptors (Lipinski definition) is 2. The maximum absolute atomic E-state index is 12.0. The maximum atomic E-state index is 12.0. The predicted octanol–water partition coefficient (Wildman–Crippen LogP) is 4.13. The molecular weight excluding hydrogens is 322 g/mol. The van der Waals surface area contributed by atoms with E-state index < -0.39 is 0 Å². The molecular formula is C22H27N3O. The summed E-state index contributed by atoms with van der Waals surface area (Å²) in [5, 5.41) is 3.02. The Morgan fingerprint density at radius 2 is 1.81 bits per heavy atom. The first-order chi connectivity index (χ1) is 12.8. The summed E-state index contributed by atoms with van der Waals surface area (Å²) in [5.41, 5.74) is 3.32. The van der Waals surface area contributed by atoms with Gasteiger partial charge in [-0.05, 0) is 30.5 Å². The number of aromatic nitrogens is 2. The van der Waals surface area contributed by atoms with E-state index in [1.165, 1.54) is 11.9 Å². The second kappa shape index (κ2) is 9.18. The third-order valence-electron chi connectivity index (χ3n) is 4.58. The van der Waals surface area contributed by atoms with Gasteiger partial charge in [0.05, 0.1) is 17.5 Å². The second-order valence-corrected chi connectivity index (χ2v) is 6.64. The van der Waals surface area contributed by atoms with Crippen LogP contribution >= 0.6 is 0 Å². The fourth-order valence-corrected chi connectivity index (χ4v) is 3.20. The van der Waals surface area contributed by atoms with Gasteiger partial charge in [0, 0.05) is 19.5 Å². The molecule has 26 heavy (non-hydrogen) atoms. The largest absolute Gasteiger partial charge is 0.356 e. The predicted molar refractivity (Wildman–Crippen MR) is 106 cm³/mol. The number of unbranched alkanes of at least 4 members (excludes halogenated alkanes) is 1. The summed E-state index contributed by atoms with van der Waals surface area (Å²) < 4.78 is 2.34. The number of carbonyl (C=O) groups excluding carboxylic acids is 1. The van der Waals surface area contributed by atoms with Crippen molar-refractivity contribution in [1.29, 1.82) is 0 Å². The average Bonchev–Trinajstić information content (AvgIpc) is 3.02. The van der Waals surface area contributed by atoms with Gasteiger partial charge in [0.1, 0.15) is 5.82 Å². The molecule has 4 heteroatoms. The number of hydrogen-bond donors (Lipinski definition) is 1. The van der Waals surface area contributed by atoms with Gasteiger partial charge in [-0.1, -0.05) is 55.8 Å². The van der Waals surface area contributed by atoms with Crippen LogP contribution in [0.2, 0.25) is 0 Å². The molecule has 0 unspecified atom stereocenters. The number of nitrogens with one attached hydrogen (secondary N) is 1. The van der Waals surface area contributed by atoms with Crippen molar-refractivity contribution >= 4 is 16.9 Å². The zero-order valence-corrected chi connectivity index (χ0v) is 15.4. The molecule has 2 aromatic carbocycles. The highest BCUT2D eigenvalue weighted by molar-refractivity contribution is 5.78. The van der Waals surface area contributed by atoms with Crippen LogP contribution in [0.3, 0.4) is 0 Å². The Morgan fingerprint density at radius 3 is 2.62 bits per heavy atom. The van der Waals surface area contributed by atoms with Gasteiger partial charge >= 0.3 is 0 Å². The van der Waals surface area contributed by atoms with Gasteiger partial charge in [0.2, 0.25) is 5.91 Å². The fraction of sp³-hybridized carbons (Fsp3) is 0.364. The molecule has 0 atom stereocenters. The lowest BCUT2D eigenvalue weighted by Crippen LogP contribution is -2.26. The van der Waals surface area contributed by atoms with Crippen LogP contribution in [0.15, 0.2) is 54.6 Å². The van der Waals surface area contributed by atoms with E-state index in [2.05, 4.69) is 35.0 Å². The van der Waals surface area contributed by atoms with Gasteiger partial charge in [-0.15, -0.1) is 0 Å². The van der Waals surface area contributed by atoms with E-state index in [4.69, 9.17) is 4.98 Å². The van der Waals surface area contributed by atoms with Crippen molar-refractivity contribution in [3.05, 3.63) is 66.0 Å². The minimum absolute atomic E-state index is 0.0793. The summed E-state index contributed by atoms with van der Waals surface area (Å²) in [6.45, 7) is 3.90. The van der Waals surface area contributed by atoms with Crippen molar-refractivity contribution in [2.24, 2.45) is 0 Å². The lowest BCUT2D eigenvalue weighted by atomic mass is 10.1. The van der Waals surface area contributed by atoms with Crippen LogP contribution in [-0.4, -0.2) is 22.0 Å². The van der Waals surface area contributed by atoms with E-state index in [0.717, 1.165) is 42.7 Å². The number of nitrogens with zero attached hydrogens (tertiary/aromatic N) is 2. The molecule has 0 saturated carbocycles. The molecule has 136 valence electrons. The van der Waals surface area contributed by atoms with Crippen molar-refractivity contribution < 1.29 is 4.79 Å². The molecule has 0 saturated heterocycles. The van der Waals surface area contributed by atoms with Gasteiger partial charge in [-0.3, -0.25) is 4.79 Å². The van der Waals surface area contributed by atoms with E-state index in [0.29, 0.717) is 13.0 Å². The molecule has 0 aliphatic rings. The van der Waals surface area contributed by atoms with Gasteiger partial charge in [-0.25, -0.2) is 4.98 Å². The number of fused-ring (bicyclic) bond motifs is 1. The number of para-hydroxylation sites is 2. The van der Waals surface area contributed by atoms with Crippen molar-refractivity contribution in [1.82, 2.24) is 14.9 Å². The zero-order chi connectivity index (χ0) is 18.2. The van der Waals surface area contributed by atoms with Crippen LogP contribution in [0.5, 0.6) is 0 Å². The Morgan fingerprint density at radius 1 is 1.04 bits per heavy atom. The van der Waals surface area contributed by atoms with E-state index in [-0.39, 0.29) is 5.91 Å². The van der Waals surface area contributed by atoms with Crippen molar-refractivity contribution in [2.45, 2.75) is 45.6 Å². The smallest absolute Gasteiger partial charge is 0.224 e. The lowest BCUT2D eigenvalue weighted by Gasteiger charge is -2.09. The van der Waals surface area contributed by atoms with Crippen LogP contribution in [0, 0.1) is 0 Å². The molecule has 0 radical (unpaired) electrons. The third-order valence-corrected chi connectivity index (χ3v) is 4.58. The standard InChI is InChI=1S/C22H27N3O/c1-2-3-16-25-20-13-8-7-12-19(20)24-21(25)14-9-15-23-22(26)17-18-10-5-4-6-11-18/h4-8,10-13H,2-3,9,14-17H2,1H3,(H,23,26). The van der Waals surface area contributed by atoms with Gasteiger partial charge in [0.25, 0.3) is 0 Å². The van der Waals surface area contributed by atoms with Crippen molar-refractivity contribution in [3.8, 4) is 0 Å². The molecule has 1 amide bonds. The topological polar surface area (TPSA) is 46.9 Å². The molecule has 3 rings (SSSR count). The number of aryl methyl sites for hydroxylation is 2. The molecule has 0 bridgehead atoms. The molecule has 0 fully saturated rings. The van der Waals surface area contributed by atoms with Gasteiger partial charge in [-0.2, -0.15) is 0 Å². The molecule has 0 aliphatic carbocycles. The summed E-state index contributed by atoms with van der Waals surface area (Å²) in [6, 6.07) is 18.2. The van der Waals surface area contributed by atoms with E-state index >= 15 is 0 Å². The molecule has 1 heterocycles. The zero-order valence-electron chi connectivity index (χ0n) is 15.4. The Kier molecular flexibility index (Phi) is 6.42. The van der Waals surface area contributed by atoms with E-state index in [1.807, 2.05) is 36.4 Å². The molecule has 0 spiro atoms. The second-order valence-electron chi connectivity index (χ2n) is 6.64. The summed E-state index contributed by atoms with van der Waals surface area (Å²) in [7, 11) is 0. The lowest BCUT2D eigenvalue weighted by molar-refractivity contribution is -0.120. The SMILES string of the molecule is CCCCn1c(CCCNC(=O)Cc2ccccc2)nc2ccccc21. The first-order valence-corrected chi connectivity index (χ1v) is 9.52. The third kappa shape index (κ3) is 4.72. The van der Waals surface area contributed by atoms with Crippen LogP contribution in [-0.2, 0) is 24.2 Å². The minimum atomic E-state index is 0.0793. The fourth-order valence-electron chi connectivity index (χ4n) is 3.20. The van der Waals surface area contributed by atoms with E-state index in [9.17, 15) is 4.79 Å². The highest BCUT2D eigenvalue weighted by Gasteiger charge is 2.10. The van der Waals surface area contributed by atoms with Crippen LogP contribution in [0.1, 0.15) is 37.6 Å². The maximum Gasteiger partial charge on any atom is 0.224 e. The highest BCUT2D eigenvalue weighted by atomic mass is 16.1. The molecule has 3 aromatic rings. The number of carbonyl (C=O) groups is 1. The first-order valence-electron chi connectivity index (χ1n) is 9.52. The Labute approximate surface area is 155 Å². The first kappa shape index (κ1) is 18.2. The summed E-state index contributed by atoms with van der Waals surface area (Å²) in [6.07, 6.45) is 4.54. The van der Waals surface area contributed by atoms with Crippen LogP contribution in [0.25, 0.3) is 11.0 Å². The van der Waals surface area contributed by atoms with Crippen LogP contribution in [0.4, 0.5) is 0 Å². The van der Waals surface area contributed by atoms with E-state index in [1.54, 1.807) is 0 Å². The minimum Gasteiger partial charge on any atom is -0.356 e.